The van der Waals surface area contributed by atoms with Crippen LogP contribution in [0.1, 0.15) is 44.9 Å². The summed E-state index contributed by atoms with van der Waals surface area (Å²) in [5.74, 6) is 1.61. The largest absolute Gasteiger partial charge is 0.360 e. The lowest BCUT2D eigenvalue weighted by atomic mass is 9.75. The summed E-state index contributed by atoms with van der Waals surface area (Å²) in [6.07, 6.45) is 11.6. The topological polar surface area (TPSA) is 28.5 Å². The molecule has 4 rings (SSSR count). The molecule has 3 heterocycles. The van der Waals surface area contributed by atoms with Gasteiger partial charge in [0.15, 0.2) is 5.11 Å². The van der Waals surface area contributed by atoms with Gasteiger partial charge in [0, 0.05) is 24.8 Å². The molecule has 3 N–H and O–H groups in total. The lowest BCUT2D eigenvalue weighted by Gasteiger charge is -2.46. The van der Waals surface area contributed by atoms with E-state index in [2.05, 4.69) is 23.3 Å². The molecule has 0 aromatic rings. The van der Waals surface area contributed by atoms with Gasteiger partial charge in [0.2, 0.25) is 0 Å². The number of hydrogen-bond donors (Lipinski definition) is 3. The summed E-state index contributed by atoms with van der Waals surface area (Å²) < 4.78 is 0. The second-order valence-corrected chi connectivity index (χ2v) is 7.59. The van der Waals surface area contributed by atoms with Crippen LogP contribution in [0.2, 0.25) is 0 Å². The van der Waals surface area contributed by atoms with Crippen LogP contribution in [0.25, 0.3) is 0 Å². The summed E-state index contributed by atoms with van der Waals surface area (Å²) in [6, 6.07) is 1.35. The molecular weight excluding hydrogens is 278 g/mol. The fourth-order valence-electron chi connectivity index (χ4n) is 4.55. The van der Waals surface area contributed by atoms with Crippen LogP contribution < -0.4 is 15.5 Å². The van der Waals surface area contributed by atoms with Crippen molar-refractivity contribution in [2.75, 3.05) is 19.6 Å². The Bertz CT molecular complexity index is 378. The van der Waals surface area contributed by atoms with Crippen LogP contribution in [-0.2, 0) is 0 Å². The maximum Gasteiger partial charge on any atom is 0.166 e. The zero-order valence-corrected chi connectivity index (χ0v) is 13.9. The van der Waals surface area contributed by atoms with Gasteiger partial charge in [-0.15, -0.1) is 6.58 Å². The van der Waals surface area contributed by atoms with Crippen molar-refractivity contribution in [3.8, 4) is 0 Å². The average molecular weight is 309 g/mol. The molecule has 0 aromatic heterocycles. The first kappa shape index (κ1) is 15.3. The third-order valence-corrected chi connectivity index (χ3v) is 6.12. The highest BCUT2D eigenvalue weighted by Crippen LogP contribution is 2.27. The van der Waals surface area contributed by atoms with Crippen molar-refractivity contribution < 1.29 is 4.90 Å². The van der Waals surface area contributed by atoms with Crippen LogP contribution in [-0.4, -0.2) is 36.8 Å². The van der Waals surface area contributed by atoms with Crippen LogP contribution >= 0.6 is 12.2 Å². The molecule has 1 saturated carbocycles. The minimum atomic E-state index is 0.611. The lowest BCUT2D eigenvalue weighted by Crippen LogP contribution is -3.20. The first-order chi connectivity index (χ1) is 10.3. The number of hydrogen-bond acceptors (Lipinski definition) is 1. The fraction of sp³-hybridized carbons (Fsp3) is 0.824. The minimum Gasteiger partial charge on any atom is -0.360 e. The average Bonchev–Trinajstić information content (AvgIpc) is 2.54. The van der Waals surface area contributed by atoms with E-state index in [1.165, 1.54) is 58.0 Å². The van der Waals surface area contributed by atoms with E-state index in [-0.39, 0.29) is 0 Å². The monoisotopic (exact) mass is 308 g/mol. The Labute approximate surface area is 134 Å². The molecule has 4 aliphatic rings. The van der Waals surface area contributed by atoms with Gasteiger partial charge in [-0.1, -0.05) is 25.3 Å². The Kier molecular flexibility index (Phi) is 5.17. The third kappa shape index (κ3) is 3.78. The summed E-state index contributed by atoms with van der Waals surface area (Å²) >= 11 is 5.49. The number of rotatable bonds is 4. The van der Waals surface area contributed by atoms with Crippen molar-refractivity contribution >= 4 is 17.3 Å². The van der Waals surface area contributed by atoms with Crippen molar-refractivity contribution in [1.29, 1.82) is 0 Å². The first-order valence-corrected chi connectivity index (χ1v) is 9.18. The number of piperidine rings is 3. The molecule has 3 aliphatic heterocycles. The van der Waals surface area contributed by atoms with Gasteiger partial charge in [-0.3, -0.25) is 0 Å². The number of nitrogens with one attached hydrogen (secondary N) is 3. The molecule has 0 aromatic carbocycles. The molecule has 3 saturated heterocycles. The van der Waals surface area contributed by atoms with E-state index < -0.39 is 0 Å². The highest BCUT2D eigenvalue weighted by Gasteiger charge is 2.42. The summed E-state index contributed by atoms with van der Waals surface area (Å²) in [5, 5.41) is 7.89. The number of thiocarbonyl (C=S) groups is 1. The molecule has 118 valence electrons. The third-order valence-electron chi connectivity index (χ3n) is 5.86. The van der Waals surface area contributed by atoms with E-state index in [1.54, 1.807) is 4.90 Å². The fourth-order valence-corrected chi connectivity index (χ4v) is 4.80. The van der Waals surface area contributed by atoms with Gasteiger partial charge in [-0.25, -0.2) is 0 Å². The van der Waals surface area contributed by atoms with Crippen LogP contribution in [0, 0.1) is 11.8 Å². The minimum absolute atomic E-state index is 0.611. The predicted octanol–water partition coefficient (Wildman–Crippen LogP) is 1.26. The van der Waals surface area contributed by atoms with E-state index in [1.807, 2.05) is 0 Å². The van der Waals surface area contributed by atoms with Crippen molar-refractivity contribution in [2.45, 2.75) is 57.0 Å². The Morgan fingerprint density at radius 2 is 2.05 bits per heavy atom. The van der Waals surface area contributed by atoms with Crippen LogP contribution in [0.3, 0.4) is 0 Å². The Morgan fingerprint density at radius 3 is 2.71 bits per heavy atom. The van der Waals surface area contributed by atoms with Gasteiger partial charge in [0.05, 0.1) is 19.6 Å². The smallest absolute Gasteiger partial charge is 0.166 e. The summed E-state index contributed by atoms with van der Waals surface area (Å²) in [4.78, 5) is 1.76. The predicted molar refractivity (Wildman–Crippen MR) is 91.5 cm³/mol. The normalized spacial score (nSPS) is 36.2. The Morgan fingerprint density at radius 1 is 1.24 bits per heavy atom. The molecule has 3 nitrogen and oxygen atoms in total. The first-order valence-electron chi connectivity index (χ1n) is 8.77. The summed E-state index contributed by atoms with van der Waals surface area (Å²) in [7, 11) is 0. The molecule has 4 atom stereocenters. The van der Waals surface area contributed by atoms with Crippen molar-refractivity contribution in [1.82, 2.24) is 10.6 Å². The second-order valence-electron chi connectivity index (χ2n) is 7.18. The second kappa shape index (κ2) is 7.10. The molecule has 0 radical (unpaired) electrons. The molecule has 21 heavy (non-hydrogen) atoms. The molecule has 4 heteroatoms. The van der Waals surface area contributed by atoms with Crippen LogP contribution in [0.15, 0.2) is 12.7 Å². The summed E-state index contributed by atoms with van der Waals surface area (Å²) in [6.45, 7) is 7.66. The number of quaternary nitrogens is 1. The van der Waals surface area contributed by atoms with Gasteiger partial charge < -0.3 is 15.5 Å². The summed E-state index contributed by atoms with van der Waals surface area (Å²) in [5.41, 5.74) is 0. The highest BCUT2D eigenvalue weighted by atomic mass is 32.1. The van der Waals surface area contributed by atoms with Gasteiger partial charge >= 0.3 is 0 Å². The maximum atomic E-state index is 5.49. The van der Waals surface area contributed by atoms with Gasteiger partial charge in [-0.2, -0.15) is 0 Å². The van der Waals surface area contributed by atoms with E-state index in [0.29, 0.717) is 6.04 Å². The molecule has 0 amide bonds. The van der Waals surface area contributed by atoms with E-state index >= 15 is 0 Å². The molecule has 2 bridgehead atoms. The van der Waals surface area contributed by atoms with E-state index in [4.69, 9.17) is 12.2 Å². The highest BCUT2D eigenvalue weighted by molar-refractivity contribution is 7.80. The van der Waals surface area contributed by atoms with Crippen LogP contribution in [0.5, 0.6) is 0 Å². The van der Waals surface area contributed by atoms with E-state index in [9.17, 15) is 0 Å². The Balaban J connectivity index is 1.41. The van der Waals surface area contributed by atoms with Gasteiger partial charge in [0.25, 0.3) is 0 Å². The molecule has 4 fully saturated rings. The molecule has 1 aliphatic carbocycles. The molecular formula is C17H30N3S+. The lowest BCUT2D eigenvalue weighted by molar-refractivity contribution is -0.944. The van der Waals surface area contributed by atoms with Crippen molar-refractivity contribution in [3.63, 3.8) is 0 Å². The maximum absolute atomic E-state index is 5.49. The SMILES string of the molecule is C=C[C@H]1C[NH+]2CC[C@H]1C[C@@H]2CNC(=S)NC1CCCCC1. The van der Waals surface area contributed by atoms with E-state index in [0.717, 1.165) is 29.5 Å². The zero-order valence-electron chi connectivity index (χ0n) is 13.1. The van der Waals surface area contributed by atoms with Gasteiger partial charge in [0.1, 0.15) is 6.04 Å². The molecule has 0 spiro atoms. The van der Waals surface area contributed by atoms with Crippen molar-refractivity contribution in [3.05, 3.63) is 12.7 Å². The van der Waals surface area contributed by atoms with Gasteiger partial charge in [-0.05, 0) is 31.0 Å². The van der Waals surface area contributed by atoms with Crippen LogP contribution in [0.4, 0.5) is 0 Å². The number of fused-ring (bicyclic) bond motifs is 3. The zero-order chi connectivity index (χ0) is 14.7. The quantitative estimate of drug-likeness (QED) is 0.539. The molecule has 1 unspecified atom stereocenters. The standard InChI is InChI=1S/C17H29N3S/c1-2-13-12-20-9-8-14(13)10-16(20)11-18-17(21)19-15-6-4-3-5-7-15/h2,13-16H,1,3-12H2,(H2,18,19,21)/p+1/t13-,14-,16+/m0/s1. The Hall–Kier alpha value is -0.610. The van der Waals surface area contributed by atoms with Crippen molar-refractivity contribution in [2.24, 2.45) is 11.8 Å².